The molecule has 0 aliphatic carbocycles. The monoisotopic (exact) mass is 499 g/mol. The van der Waals surface area contributed by atoms with Crippen molar-refractivity contribution in [2.75, 3.05) is 5.32 Å². The second-order valence-corrected chi connectivity index (χ2v) is 8.07. The van der Waals surface area contributed by atoms with Crippen LogP contribution in [0.3, 0.4) is 0 Å². The SMILES string of the molecule is C=CC(=O)Nc1c(-c2ccc(OC(F)(F)F)cc2)ccc(C)c1C(=O)NCc1c(C)cc(C)[nH]c1=O. The summed E-state index contributed by atoms with van der Waals surface area (Å²) in [6.07, 6.45) is -3.81. The molecule has 2 aromatic carbocycles. The minimum atomic E-state index is -4.84. The smallest absolute Gasteiger partial charge is 0.406 e. The Balaban J connectivity index is 2.01. The summed E-state index contributed by atoms with van der Waals surface area (Å²) in [6, 6.07) is 10.1. The lowest BCUT2D eigenvalue weighted by Gasteiger charge is -2.18. The van der Waals surface area contributed by atoms with Crippen molar-refractivity contribution in [3.05, 3.63) is 93.4 Å². The van der Waals surface area contributed by atoms with E-state index in [4.69, 9.17) is 0 Å². The number of aromatic amines is 1. The van der Waals surface area contributed by atoms with Crippen molar-refractivity contribution < 1.29 is 27.5 Å². The number of rotatable bonds is 7. The van der Waals surface area contributed by atoms with Crippen molar-refractivity contribution in [1.29, 1.82) is 0 Å². The lowest BCUT2D eigenvalue weighted by Crippen LogP contribution is -2.29. The summed E-state index contributed by atoms with van der Waals surface area (Å²) in [5.41, 5.74) is 3.12. The summed E-state index contributed by atoms with van der Waals surface area (Å²) >= 11 is 0. The molecular formula is C26H24F3N3O4. The number of H-pyrrole nitrogens is 1. The molecule has 3 N–H and O–H groups in total. The number of aromatic nitrogens is 1. The highest BCUT2D eigenvalue weighted by Crippen LogP contribution is 2.35. The van der Waals surface area contributed by atoms with Gasteiger partial charge in [-0.1, -0.05) is 30.8 Å². The highest BCUT2D eigenvalue weighted by atomic mass is 19.4. The van der Waals surface area contributed by atoms with Gasteiger partial charge < -0.3 is 20.4 Å². The van der Waals surface area contributed by atoms with Gasteiger partial charge in [0.15, 0.2) is 0 Å². The molecule has 1 heterocycles. The second-order valence-electron chi connectivity index (χ2n) is 8.07. The van der Waals surface area contributed by atoms with Gasteiger partial charge in [0.2, 0.25) is 5.91 Å². The van der Waals surface area contributed by atoms with Crippen molar-refractivity contribution in [2.45, 2.75) is 33.7 Å². The third-order valence-electron chi connectivity index (χ3n) is 5.39. The van der Waals surface area contributed by atoms with E-state index < -0.39 is 23.9 Å². The van der Waals surface area contributed by atoms with Gasteiger partial charge in [-0.25, -0.2) is 0 Å². The summed E-state index contributed by atoms with van der Waals surface area (Å²) in [5.74, 6) is -1.55. The quantitative estimate of drug-likeness (QED) is 0.402. The standard InChI is InChI=1S/C26H24F3N3O4/c1-5-21(33)32-23-19(17-7-9-18(10-8-17)36-26(27,28)29)11-6-14(2)22(23)25(35)30-13-20-15(3)12-16(4)31-24(20)34/h5-12H,1,13H2,2-4H3,(H,30,35)(H,31,34)(H,32,33). The molecule has 0 fully saturated rings. The highest BCUT2D eigenvalue weighted by molar-refractivity contribution is 6.10. The molecule has 188 valence electrons. The van der Waals surface area contributed by atoms with E-state index in [9.17, 15) is 27.6 Å². The number of ether oxygens (including phenoxy) is 1. The molecule has 2 amide bonds. The van der Waals surface area contributed by atoms with Crippen molar-refractivity contribution >= 4 is 17.5 Å². The van der Waals surface area contributed by atoms with Crippen molar-refractivity contribution in [2.24, 2.45) is 0 Å². The molecule has 36 heavy (non-hydrogen) atoms. The predicted octanol–water partition coefficient (Wildman–Crippen LogP) is 4.92. The van der Waals surface area contributed by atoms with Crippen LogP contribution in [0.1, 0.15) is 32.7 Å². The largest absolute Gasteiger partial charge is 0.573 e. The maximum Gasteiger partial charge on any atom is 0.573 e. The van der Waals surface area contributed by atoms with Gasteiger partial charge in [-0.15, -0.1) is 13.2 Å². The van der Waals surface area contributed by atoms with Gasteiger partial charge in [-0.2, -0.15) is 0 Å². The molecule has 1 aromatic heterocycles. The van der Waals surface area contributed by atoms with E-state index in [0.717, 1.165) is 18.2 Å². The maximum atomic E-state index is 13.3. The van der Waals surface area contributed by atoms with Crippen molar-refractivity contribution in [3.8, 4) is 16.9 Å². The van der Waals surface area contributed by atoms with Crippen molar-refractivity contribution in [3.63, 3.8) is 0 Å². The molecule has 0 atom stereocenters. The Morgan fingerprint density at radius 3 is 2.31 bits per heavy atom. The van der Waals surface area contributed by atoms with Crippen LogP contribution in [-0.2, 0) is 11.3 Å². The summed E-state index contributed by atoms with van der Waals surface area (Å²) < 4.78 is 41.5. The normalized spacial score (nSPS) is 11.1. The van der Waals surface area contributed by atoms with Gasteiger partial charge in [-0.05, 0) is 61.7 Å². The minimum Gasteiger partial charge on any atom is -0.406 e. The van der Waals surface area contributed by atoms with Gasteiger partial charge in [0.05, 0.1) is 11.3 Å². The number of hydrogen-bond donors (Lipinski definition) is 3. The molecule has 0 spiro atoms. The average molecular weight is 499 g/mol. The Morgan fingerprint density at radius 2 is 1.72 bits per heavy atom. The molecule has 0 radical (unpaired) electrons. The van der Waals surface area contributed by atoms with Gasteiger partial charge in [0.1, 0.15) is 5.75 Å². The zero-order valence-electron chi connectivity index (χ0n) is 19.8. The number of halogens is 3. The Kier molecular flexibility index (Phi) is 7.67. The number of alkyl halides is 3. The minimum absolute atomic E-state index is 0.0533. The fourth-order valence-corrected chi connectivity index (χ4v) is 3.74. The lowest BCUT2D eigenvalue weighted by molar-refractivity contribution is -0.274. The van der Waals surface area contributed by atoms with Crippen LogP contribution in [0.2, 0.25) is 0 Å². The van der Waals surface area contributed by atoms with Gasteiger partial charge in [-0.3, -0.25) is 14.4 Å². The van der Waals surface area contributed by atoms with Crippen LogP contribution in [0.25, 0.3) is 11.1 Å². The lowest BCUT2D eigenvalue weighted by atomic mass is 9.95. The molecule has 10 heteroatoms. The van der Waals surface area contributed by atoms with Gasteiger partial charge >= 0.3 is 6.36 Å². The molecule has 0 unspecified atom stereocenters. The molecule has 0 bridgehead atoms. The number of amides is 2. The zero-order valence-corrected chi connectivity index (χ0v) is 19.8. The van der Waals surface area contributed by atoms with Gasteiger partial charge in [0.25, 0.3) is 11.5 Å². The third-order valence-corrected chi connectivity index (χ3v) is 5.39. The van der Waals surface area contributed by atoms with Gasteiger partial charge in [0, 0.05) is 23.4 Å². The zero-order chi connectivity index (χ0) is 26.6. The Hall–Kier alpha value is -4.34. The molecule has 0 saturated heterocycles. The predicted molar refractivity (Wildman–Crippen MR) is 130 cm³/mol. The molecule has 0 aliphatic heterocycles. The summed E-state index contributed by atoms with van der Waals surface area (Å²) in [6.45, 7) is 8.56. The van der Waals surface area contributed by atoms with E-state index in [2.05, 4.69) is 26.9 Å². The molecule has 3 rings (SSSR count). The van der Waals surface area contributed by atoms with Crippen LogP contribution in [0.15, 0.2) is 59.9 Å². The first-order chi connectivity index (χ1) is 16.9. The first-order valence-corrected chi connectivity index (χ1v) is 10.8. The first kappa shape index (κ1) is 26.3. The van der Waals surface area contributed by atoms with Crippen LogP contribution in [0, 0.1) is 20.8 Å². The third kappa shape index (κ3) is 6.21. The highest BCUT2D eigenvalue weighted by Gasteiger charge is 2.31. The topological polar surface area (TPSA) is 100 Å². The number of hydrogen-bond acceptors (Lipinski definition) is 4. The van der Waals surface area contributed by atoms with E-state index in [1.165, 1.54) is 12.1 Å². The molecule has 7 nitrogen and oxygen atoms in total. The number of aryl methyl sites for hydroxylation is 3. The van der Waals surface area contributed by atoms with Crippen LogP contribution in [0.4, 0.5) is 18.9 Å². The summed E-state index contributed by atoms with van der Waals surface area (Å²) in [4.78, 5) is 40.5. The van der Waals surface area contributed by atoms with E-state index in [-0.39, 0.29) is 23.4 Å². The van der Waals surface area contributed by atoms with Crippen LogP contribution < -0.4 is 20.9 Å². The Bertz CT molecular complexity index is 1380. The van der Waals surface area contributed by atoms with Crippen molar-refractivity contribution in [1.82, 2.24) is 10.3 Å². The molecule has 0 aliphatic rings. The molecule has 0 saturated carbocycles. The number of carbonyl (C=O) groups excluding carboxylic acids is 2. The molecular weight excluding hydrogens is 475 g/mol. The average Bonchev–Trinajstić information content (AvgIpc) is 2.78. The van der Waals surface area contributed by atoms with E-state index in [1.807, 2.05) is 0 Å². The fraction of sp³-hybridized carbons (Fsp3) is 0.192. The van der Waals surface area contributed by atoms with Crippen LogP contribution in [0.5, 0.6) is 5.75 Å². The number of pyridine rings is 1. The maximum absolute atomic E-state index is 13.3. The number of benzene rings is 2. The number of carbonyl (C=O) groups is 2. The fourth-order valence-electron chi connectivity index (χ4n) is 3.74. The number of anilines is 1. The van der Waals surface area contributed by atoms with E-state index in [1.54, 1.807) is 39.0 Å². The van der Waals surface area contributed by atoms with Crippen LogP contribution in [-0.4, -0.2) is 23.2 Å². The van der Waals surface area contributed by atoms with E-state index >= 15 is 0 Å². The summed E-state index contributed by atoms with van der Waals surface area (Å²) in [7, 11) is 0. The summed E-state index contributed by atoms with van der Waals surface area (Å²) in [5, 5.41) is 5.35. The first-order valence-electron chi connectivity index (χ1n) is 10.8. The second kappa shape index (κ2) is 10.5. The number of nitrogens with one attached hydrogen (secondary N) is 3. The van der Waals surface area contributed by atoms with E-state index in [0.29, 0.717) is 33.5 Å². The Morgan fingerprint density at radius 1 is 1.06 bits per heavy atom. The Labute approximate surface area is 205 Å². The van der Waals surface area contributed by atoms with Crippen LogP contribution >= 0.6 is 0 Å². The molecule has 3 aromatic rings.